The van der Waals surface area contributed by atoms with Crippen LogP contribution >= 0.6 is 0 Å². The van der Waals surface area contributed by atoms with Crippen molar-refractivity contribution in [2.24, 2.45) is 57.2 Å². The molecule has 0 aromatic rings. The Labute approximate surface area is 192 Å². The van der Waals surface area contributed by atoms with E-state index in [0.717, 1.165) is 24.2 Å². The van der Waals surface area contributed by atoms with Crippen LogP contribution in [0.25, 0.3) is 0 Å². The standard InChI is InChI=1S/C30H48O/c1-19(2)20(3)8-9-21(4)23-12-14-28(7)26-11-10-24-22(5)25(31)13-15-29(24)18-30(26,29)17-16-27(23,28)6/h20-24,26H,1,8-18H2,2-7H3/t20?,21-,22+,23-,24+,26+,27-,28+,29-,30+/m1/s1. The highest BCUT2D eigenvalue weighted by Crippen LogP contribution is 2.88. The molecule has 0 bridgehead atoms. The van der Waals surface area contributed by atoms with Gasteiger partial charge in [0.1, 0.15) is 5.78 Å². The van der Waals surface area contributed by atoms with Gasteiger partial charge in [-0.15, -0.1) is 0 Å². The molecule has 5 rings (SSSR count). The van der Waals surface area contributed by atoms with Crippen LogP contribution < -0.4 is 0 Å². The summed E-state index contributed by atoms with van der Waals surface area (Å²) in [5.41, 5.74) is 3.54. The van der Waals surface area contributed by atoms with Crippen LogP contribution in [0.1, 0.15) is 112 Å². The van der Waals surface area contributed by atoms with Crippen LogP contribution in [-0.4, -0.2) is 5.78 Å². The van der Waals surface area contributed by atoms with E-state index in [-0.39, 0.29) is 0 Å². The van der Waals surface area contributed by atoms with Gasteiger partial charge in [-0.25, -0.2) is 0 Å². The Balaban J connectivity index is 1.38. The molecule has 0 aliphatic heterocycles. The lowest BCUT2D eigenvalue weighted by Crippen LogP contribution is -2.55. The molecule has 1 unspecified atom stereocenters. The molecule has 0 amide bonds. The topological polar surface area (TPSA) is 17.1 Å². The summed E-state index contributed by atoms with van der Waals surface area (Å²) in [5.74, 6) is 4.92. The Kier molecular flexibility index (Phi) is 4.99. The highest BCUT2D eigenvalue weighted by Gasteiger charge is 2.81. The predicted molar refractivity (Wildman–Crippen MR) is 130 cm³/mol. The van der Waals surface area contributed by atoms with Gasteiger partial charge in [0.25, 0.3) is 0 Å². The monoisotopic (exact) mass is 424 g/mol. The Morgan fingerprint density at radius 1 is 1.00 bits per heavy atom. The fourth-order valence-electron chi connectivity index (χ4n) is 10.8. The summed E-state index contributed by atoms with van der Waals surface area (Å²) in [5, 5.41) is 0. The van der Waals surface area contributed by atoms with Crippen LogP contribution in [0.2, 0.25) is 0 Å². The van der Waals surface area contributed by atoms with E-state index < -0.39 is 0 Å². The van der Waals surface area contributed by atoms with Crippen molar-refractivity contribution in [2.75, 3.05) is 0 Å². The van der Waals surface area contributed by atoms with Crippen molar-refractivity contribution in [3.8, 4) is 0 Å². The van der Waals surface area contributed by atoms with E-state index >= 15 is 0 Å². The van der Waals surface area contributed by atoms with E-state index in [1.807, 2.05) is 0 Å². The van der Waals surface area contributed by atoms with Crippen molar-refractivity contribution in [1.29, 1.82) is 0 Å². The van der Waals surface area contributed by atoms with Gasteiger partial charge >= 0.3 is 0 Å². The van der Waals surface area contributed by atoms with Crippen LogP contribution in [0, 0.1) is 57.2 Å². The predicted octanol–water partition coefficient (Wildman–Crippen LogP) is 8.23. The van der Waals surface area contributed by atoms with Gasteiger partial charge in [-0.05, 0) is 122 Å². The maximum Gasteiger partial charge on any atom is 0.136 e. The van der Waals surface area contributed by atoms with Crippen LogP contribution in [0.5, 0.6) is 0 Å². The molecule has 0 aromatic heterocycles. The van der Waals surface area contributed by atoms with E-state index in [9.17, 15) is 4.79 Å². The quantitative estimate of drug-likeness (QED) is 0.406. The number of fused-ring (bicyclic) bond motifs is 2. The summed E-state index contributed by atoms with van der Waals surface area (Å²) in [4.78, 5) is 12.5. The minimum absolute atomic E-state index is 0.335. The molecule has 0 saturated heterocycles. The third-order valence-electron chi connectivity index (χ3n) is 13.1. The third-order valence-corrected chi connectivity index (χ3v) is 13.1. The molecule has 5 fully saturated rings. The lowest BCUT2D eigenvalue weighted by molar-refractivity contribution is -0.146. The Hall–Kier alpha value is -0.590. The fraction of sp³-hybridized carbons (Fsp3) is 0.900. The molecule has 5 aliphatic carbocycles. The molecule has 5 aliphatic rings. The molecule has 0 aromatic carbocycles. The number of allylic oxidation sites excluding steroid dienone is 1. The first-order valence-electron chi connectivity index (χ1n) is 13.7. The molecule has 174 valence electrons. The zero-order chi connectivity index (χ0) is 22.4. The van der Waals surface area contributed by atoms with Gasteiger partial charge in [-0.2, -0.15) is 0 Å². The average molecular weight is 425 g/mol. The number of Topliss-reactive ketones (excluding diaryl/α,β-unsaturated/α-hetero) is 1. The zero-order valence-corrected chi connectivity index (χ0v) is 21.4. The SMILES string of the molecule is C=C(C)C(C)CC[C@@H](C)[C@H]1CC[C@@]2(C)[C@@H]3CC[C@H]4[C@H](C)C(=O)CC[C@@]45C[C@@]35CC[C@]12C. The van der Waals surface area contributed by atoms with Gasteiger partial charge in [-0.1, -0.05) is 46.8 Å². The summed E-state index contributed by atoms with van der Waals surface area (Å²) in [6.45, 7) is 19.0. The van der Waals surface area contributed by atoms with Gasteiger partial charge < -0.3 is 0 Å². The number of ketones is 1. The van der Waals surface area contributed by atoms with Crippen molar-refractivity contribution >= 4 is 5.78 Å². The van der Waals surface area contributed by atoms with Gasteiger partial charge in [0.15, 0.2) is 0 Å². The van der Waals surface area contributed by atoms with Crippen molar-refractivity contribution in [3.05, 3.63) is 12.2 Å². The van der Waals surface area contributed by atoms with Crippen LogP contribution in [0.4, 0.5) is 0 Å². The van der Waals surface area contributed by atoms with E-state index in [1.54, 1.807) is 0 Å². The van der Waals surface area contributed by atoms with Gasteiger partial charge in [0.05, 0.1) is 0 Å². The second-order valence-corrected chi connectivity index (χ2v) is 13.8. The van der Waals surface area contributed by atoms with E-state index in [2.05, 4.69) is 48.1 Å². The first-order chi connectivity index (χ1) is 14.5. The minimum atomic E-state index is 0.335. The van der Waals surface area contributed by atoms with Crippen LogP contribution in [0.15, 0.2) is 12.2 Å². The maximum absolute atomic E-state index is 12.5. The molecule has 10 atom stereocenters. The second kappa shape index (κ2) is 6.96. The summed E-state index contributed by atoms with van der Waals surface area (Å²) in [7, 11) is 0. The lowest BCUT2D eigenvalue weighted by atomic mass is 9.43. The molecule has 0 radical (unpaired) electrons. The van der Waals surface area contributed by atoms with Crippen LogP contribution in [0.3, 0.4) is 0 Å². The molecule has 2 spiro atoms. The highest BCUT2D eigenvalue weighted by molar-refractivity contribution is 5.82. The van der Waals surface area contributed by atoms with Gasteiger partial charge in [-0.3, -0.25) is 4.79 Å². The third kappa shape index (κ3) is 2.70. The number of carbonyl (C=O) groups is 1. The van der Waals surface area contributed by atoms with E-state index in [1.165, 1.54) is 69.8 Å². The van der Waals surface area contributed by atoms with Crippen LogP contribution in [-0.2, 0) is 4.79 Å². The Morgan fingerprint density at radius 3 is 2.45 bits per heavy atom. The maximum atomic E-state index is 12.5. The molecule has 0 N–H and O–H groups in total. The second-order valence-electron chi connectivity index (χ2n) is 13.8. The molecule has 0 heterocycles. The summed E-state index contributed by atoms with van der Waals surface area (Å²) >= 11 is 0. The molecule has 1 nitrogen and oxygen atoms in total. The fourth-order valence-corrected chi connectivity index (χ4v) is 10.8. The molecular formula is C30H48O. The zero-order valence-electron chi connectivity index (χ0n) is 21.4. The first kappa shape index (κ1) is 22.2. The summed E-state index contributed by atoms with van der Waals surface area (Å²) in [6, 6.07) is 0. The van der Waals surface area contributed by atoms with Crippen molar-refractivity contribution in [1.82, 2.24) is 0 Å². The van der Waals surface area contributed by atoms with Gasteiger partial charge in [0, 0.05) is 12.3 Å². The smallest absolute Gasteiger partial charge is 0.136 e. The molecule has 31 heavy (non-hydrogen) atoms. The van der Waals surface area contributed by atoms with E-state index in [0.29, 0.717) is 45.2 Å². The summed E-state index contributed by atoms with van der Waals surface area (Å²) in [6.07, 6.45) is 14.8. The van der Waals surface area contributed by atoms with Crippen molar-refractivity contribution in [3.63, 3.8) is 0 Å². The minimum Gasteiger partial charge on any atom is -0.299 e. The van der Waals surface area contributed by atoms with Crippen molar-refractivity contribution < 1.29 is 4.79 Å². The Morgan fingerprint density at radius 2 is 1.74 bits per heavy atom. The average Bonchev–Trinajstić information content (AvgIpc) is 3.31. The molecule has 5 saturated carbocycles. The Bertz CT molecular complexity index is 781. The number of hydrogen-bond acceptors (Lipinski definition) is 1. The normalized spacial score (nSPS) is 52.4. The highest BCUT2D eigenvalue weighted by atomic mass is 16.1. The molecule has 1 heteroatoms. The van der Waals surface area contributed by atoms with Crippen molar-refractivity contribution in [2.45, 2.75) is 112 Å². The van der Waals surface area contributed by atoms with E-state index in [4.69, 9.17) is 0 Å². The number of rotatable bonds is 5. The largest absolute Gasteiger partial charge is 0.299 e. The number of hydrogen-bond donors (Lipinski definition) is 0. The lowest BCUT2D eigenvalue weighted by Gasteiger charge is -2.61. The first-order valence-corrected chi connectivity index (χ1v) is 13.7. The van der Waals surface area contributed by atoms with Gasteiger partial charge in [0.2, 0.25) is 0 Å². The summed E-state index contributed by atoms with van der Waals surface area (Å²) < 4.78 is 0. The number of carbonyl (C=O) groups excluding carboxylic acids is 1. The molecular weight excluding hydrogens is 376 g/mol.